The number of carbonyl (C=O) groups is 1. The molecule has 1 heterocycles. The molecule has 0 radical (unpaired) electrons. The van der Waals surface area contributed by atoms with Gasteiger partial charge in [-0.25, -0.2) is 0 Å². The van der Waals surface area contributed by atoms with Gasteiger partial charge < -0.3 is 15.7 Å². The van der Waals surface area contributed by atoms with Crippen LogP contribution in [0.5, 0.6) is 0 Å². The minimum atomic E-state index is -0.704. The van der Waals surface area contributed by atoms with E-state index in [4.69, 9.17) is 5.73 Å². The third kappa shape index (κ3) is 2.38. The van der Waals surface area contributed by atoms with Gasteiger partial charge >= 0.3 is 0 Å². The highest BCUT2D eigenvalue weighted by Gasteiger charge is 2.46. The second-order valence-corrected chi connectivity index (χ2v) is 5.36. The lowest BCUT2D eigenvalue weighted by atomic mass is 9.82. The van der Waals surface area contributed by atoms with Gasteiger partial charge in [0.1, 0.15) is 5.60 Å². The molecule has 0 unspecified atom stereocenters. The maximum absolute atomic E-state index is 11.9. The zero-order valence-corrected chi connectivity index (χ0v) is 10.7. The fourth-order valence-corrected chi connectivity index (χ4v) is 1.84. The van der Waals surface area contributed by atoms with E-state index in [1.165, 1.54) is 0 Å². The molecule has 16 heavy (non-hydrogen) atoms. The molecule has 0 spiro atoms. The summed E-state index contributed by atoms with van der Waals surface area (Å²) in [5, 5.41) is 10.0. The first-order chi connectivity index (χ1) is 7.31. The molecule has 1 amide bonds. The highest BCUT2D eigenvalue weighted by Crippen LogP contribution is 2.29. The van der Waals surface area contributed by atoms with E-state index in [1.54, 1.807) is 4.90 Å². The van der Waals surface area contributed by atoms with Crippen molar-refractivity contribution < 1.29 is 9.90 Å². The molecular formula is C12H24N2O2. The molecule has 4 heteroatoms. The van der Waals surface area contributed by atoms with Gasteiger partial charge in [-0.15, -0.1) is 0 Å². The molecule has 0 aromatic rings. The molecule has 94 valence electrons. The monoisotopic (exact) mass is 228 g/mol. The van der Waals surface area contributed by atoms with Crippen LogP contribution in [0.1, 0.15) is 34.1 Å². The number of nitrogens with two attached hydrogens (primary N) is 1. The molecule has 0 aliphatic carbocycles. The van der Waals surface area contributed by atoms with Crippen LogP contribution in [0.25, 0.3) is 0 Å². The third-order valence-electron chi connectivity index (χ3n) is 3.86. The van der Waals surface area contributed by atoms with Crippen LogP contribution < -0.4 is 5.73 Å². The molecule has 0 aromatic carbocycles. The standard InChI is InChI=1S/C12H24N2O2/c1-5-9(4)10(13)11(15)14-6-12(16,7-14)8(2)3/h8-10,16H,5-7,13H2,1-4H3/t9-,10-/m0/s1. The number of β-amino-alcohol motifs (C(OH)–C–C–N with tert-alkyl or cyclic N) is 1. The molecule has 0 bridgehead atoms. The summed E-state index contributed by atoms with van der Waals surface area (Å²) in [6, 6.07) is -0.429. The number of likely N-dealkylation sites (tertiary alicyclic amines) is 1. The van der Waals surface area contributed by atoms with Crippen molar-refractivity contribution in [3.05, 3.63) is 0 Å². The zero-order chi connectivity index (χ0) is 12.5. The molecule has 1 saturated heterocycles. The maximum Gasteiger partial charge on any atom is 0.239 e. The smallest absolute Gasteiger partial charge is 0.239 e. The van der Waals surface area contributed by atoms with Crippen molar-refractivity contribution in [3.8, 4) is 0 Å². The number of nitrogens with zero attached hydrogens (tertiary/aromatic N) is 1. The molecule has 2 atom stereocenters. The molecule has 1 aliphatic rings. The number of hydrogen-bond donors (Lipinski definition) is 2. The highest BCUT2D eigenvalue weighted by atomic mass is 16.3. The first kappa shape index (κ1) is 13.5. The minimum Gasteiger partial charge on any atom is -0.386 e. The van der Waals surface area contributed by atoms with Gasteiger partial charge in [-0.3, -0.25) is 4.79 Å². The number of carbonyl (C=O) groups excluding carboxylic acids is 1. The van der Waals surface area contributed by atoms with E-state index in [0.29, 0.717) is 13.1 Å². The largest absolute Gasteiger partial charge is 0.386 e. The van der Waals surface area contributed by atoms with Gasteiger partial charge in [0.2, 0.25) is 5.91 Å². The van der Waals surface area contributed by atoms with Crippen molar-refractivity contribution in [1.29, 1.82) is 0 Å². The first-order valence-electron chi connectivity index (χ1n) is 6.08. The Morgan fingerprint density at radius 1 is 1.44 bits per heavy atom. The Hall–Kier alpha value is -0.610. The van der Waals surface area contributed by atoms with Crippen molar-refractivity contribution in [2.45, 2.75) is 45.8 Å². The summed E-state index contributed by atoms with van der Waals surface area (Å²) in [5.41, 5.74) is 5.17. The van der Waals surface area contributed by atoms with E-state index in [2.05, 4.69) is 0 Å². The lowest BCUT2D eigenvalue weighted by Crippen LogP contribution is -2.68. The molecule has 1 rings (SSSR count). The summed E-state index contributed by atoms with van der Waals surface area (Å²) >= 11 is 0. The second kappa shape index (κ2) is 4.72. The quantitative estimate of drug-likeness (QED) is 0.740. The number of rotatable bonds is 4. The summed E-state index contributed by atoms with van der Waals surface area (Å²) in [6.07, 6.45) is 0.898. The van der Waals surface area contributed by atoms with E-state index in [1.807, 2.05) is 27.7 Å². The van der Waals surface area contributed by atoms with Crippen LogP contribution in [0.3, 0.4) is 0 Å². The van der Waals surface area contributed by atoms with Gasteiger partial charge in [0.25, 0.3) is 0 Å². The Balaban J connectivity index is 2.49. The third-order valence-corrected chi connectivity index (χ3v) is 3.86. The van der Waals surface area contributed by atoms with Gasteiger partial charge in [0, 0.05) is 0 Å². The molecule has 1 fully saturated rings. The lowest BCUT2D eigenvalue weighted by molar-refractivity contribution is -0.166. The summed E-state index contributed by atoms with van der Waals surface area (Å²) in [4.78, 5) is 13.6. The topological polar surface area (TPSA) is 66.6 Å². The molecular weight excluding hydrogens is 204 g/mol. The first-order valence-corrected chi connectivity index (χ1v) is 6.08. The average molecular weight is 228 g/mol. The molecule has 0 aromatic heterocycles. The van der Waals surface area contributed by atoms with Crippen molar-refractivity contribution in [2.75, 3.05) is 13.1 Å². The van der Waals surface area contributed by atoms with Gasteiger partial charge in [0.05, 0.1) is 19.1 Å². The van der Waals surface area contributed by atoms with Gasteiger partial charge in [0.15, 0.2) is 0 Å². The summed E-state index contributed by atoms with van der Waals surface area (Å²) in [5.74, 6) is 0.344. The summed E-state index contributed by atoms with van der Waals surface area (Å²) in [7, 11) is 0. The Morgan fingerprint density at radius 3 is 2.31 bits per heavy atom. The predicted octanol–water partition coefficient (Wildman–Crippen LogP) is 0.589. The minimum absolute atomic E-state index is 0.0281. The second-order valence-electron chi connectivity index (χ2n) is 5.36. The zero-order valence-electron chi connectivity index (χ0n) is 10.7. The van der Waals surface area contributed by atoms with Crippen LogP contribution in [0, 0.1) is 11.8 Å². The Bertz CT molecular complexity index is 260. The van der Waals surface area contributed by atoms with E-state index in [9.17, 15) is 9.90 Å². The molecule has 0 saturated carbocycles. The van der Waals surface area contributed by atoms with E-state index in [-0.39, 0.29) is 17.7 Å². The van der Waals surface area contributed by atoms with E-state index >= 15 is 0 Å². The SMILES string of the molecule is CC[C@H](C)[C@H](N)C(=O)N1CC(O)(C(C)C)C1. The van der Waals surface area contributed by atoms with Gasteiger partial charge in [-0.05, 0) is 11.8 Å². The lowest BCUT2D eigenvalue weighted by Gasteiger charge is -2.50. The summed E-state index contributed by atoms with van der Waals surface area (Å²) in [6.45, 7) is 8.80. The predicted molar refractivity (Wildman–Crippen MR) is 63.8 cm³/mol. The normalized spacial score (nSPS) is 22.8. The number of hydrogen-bond acceptors (Lipinski definition) is 3. The Labute approximate surface area is 97.8 Å². The van der Waals surface area contributed by atoms with Crippen LogP contribution >= 0.6 is 0 Å². The van der Waals surface area contributed by atoms with E-state index < -0.39 is 11.6 Å². The van der Waals surface area contributed by atoms with Crippen LogP contribution in [0.2, 0.25) is 0 Å². The Kier molecular flexibility index (Phi) is 3.97. The maximum atomic E-state index is 11.9. The molecule has 4 nitrogen and oxygen atoms in total. The van der Waals surface area contributed by atoms with Crippen LogP contribution in [-0.2, 0) is 4.79 Å². The van der Waals surface area contributed by atoms with Crippen molar-refractivity contribution >= 4 is 5.91 Å². The van der Waals surface area contributed by atoms with Crippen LogP contribution in [0.15, 0.2) is 0 Å². The van der Waals surface area contributed by atoms with Crippen molar-refractivity contribution in [2.24, 2.45) is 17.6 Å². The molecule has 1 aliphatic heterocycles. The fraction of sp³-hybridized carbons (Fsp3) is 0.917. The number of aliphatic hydroxyl groups is 1. The summed E-state index contributed by atoms with van der Waals surface area (Å²) < 4.78 is 0. The average Bonchev–Trinajstić information content (AvgIpc) is 2.21. The molecule has 3 N–H and O–H groups in total. The van der Waals surface area contributed by atoms with Crippen molar-refractivity contribution in [1.82, 2.24) is 4.90 Å². The highest BCUT2D eigenvalue weighted by molar-refractivity contribution is 5.83. The fourth-order valence-electron chi connectivity index (χ4n) is 1.84. The van der Waals surface area contributed by atoms with Crippen LogP contribution in [0.4, 0.5) is 0 Å². The van der Waals surface area contributed by atoms with Crippen LogP contribution in [-0.4, -0.2) is 40.6 Å². The number of amides is 1. The Morgan fingerprint density at radius 2 is 1.94 bits per heavy atom. The van der Waals surface area contributed by atoms with E-state index in [0.717, 1.165) is 6.42 Å². The van der Waals surface area contributed by atoms with Gasteiger partial charge in [-0.1, -0.05) is 34.1 Å². The van der Waals surface area contributed by atoms with Crippen molar-refractivity contribution in [3.63, 3.8) is 0 Å². The van der Waals surface area contributed by atoms with Gasteiger partial charge in [-0.2, -0.15) is 0 Å².